The lowest BCUT2D eigenvalue weighted by Crippen LogP contribution is -2.44. The first kappa shape index (κ1) is 13.4. The van der Waals surface area contributed by atoms with E-state index in [4.69, 9.17) is 11.6 Å². The second-order valence-corrected chi connectivity index (χ2v) is 5.60. The number of piperidine rings is 1. The topological polar surface area (TPSA) is 20.3 Å². The monoisotopic (exact) mass is 265 g/mol. The van der Waals surface area contributed by atoms with E-state index in [-0.39, 0.29) is 11.3 Å². The highest BCUT2D eigenvalue weighted by molar-refractivity contribution is 6.21. The van der Waals surface area contributed by atoms with Gasteiger partial charge in [-0.2, -0.15) is 0 Å². The molecule has 2 nitrogen and oxygen atoms in total. The molecular weight excluding hydrogens is 246 g/mol. The summed E-state index contributed by atoms with van der Waals surface area (Å²) in [5, 5.41) is 0.0801. The Morgan fingerprint density at radius 1 is 1.44 bits per heavy atom. The molecule has 0 N–H and O–H groups in total. The van der Waals surface area contributed by atoms with E-state index in [0.717, 1.165) is 30.5 Å². The minimum Gasteiger partial charge on any atom is -0.337 e. The molecule has 1 aliphatic rings. The number of nitrogens with zero attached hydrogens (tertiary/aromatic N) is 1. The average Bonchev–Trinajstić information content (AvgIpc) is 2.41. The summed E-state index contributed by atoms with van der Waals surface area (Å²) in [5.74, 6) is 0.627. The zero-order valence-electron chi connectivity index (χ0n) is 11.0. The van der Waals surface area contributed by atoms with Crippen LogP contribution in [0.1, 0.15) is 36.2 Å². The SMILES string of the molecule is CCc1ccccc1C(=O)N1CCC(C)C(Cl)C1. The summed E-state index contributed by atoms with van der Waals surface area (Å²) in [4.78, 5) is 14.4. The molecule has 1 aromatic rings. The number of likely N-dealkylation sites (tertiary alicyclic amines) is 1. The van der Waals surface area contributed by atoms with Crippen molar-refractivity contribution in [3.8, 4) is 0 Å². The molecule has 2 rings (SSSR count). The minimum absolute atomic E-state index is 0.0801. The van der Waals surface area contributed by atoms with Crippen molar-refractivity contribution in [2.45, 2.75) is 32.1 Å². The minimum atomic E-state index is 0.0801. The van der Waals surface area contributed by atoms with E-state index in [9.17, 15) is 4.79 Å². The fraction of sp³-hybridized carbons (Fsp3) is 0.533. The van der Waals surface area contributed by atoms with Crippen molar-refractivity contribution in [3.05, 3.63) is 35.4 Å². The number of benzene rings is 1. The van der Waals surface area contributed by atoms with Gasteiger partial charge in [0.2, 0.25) is 0 Å². The van der Waals surface area contributed by atoms with Crippen molar-refractivity contribution in [1.29, 1.82) is 0 Å². The van der Waals surface area contributed by atoms with Gasteiger partial charge < -0.3 is 4.90 Å². The van der Waals surface area contributed by atoms with Crippen LogP contribution in [0.25, 0.3) is 0 Å². The zero-order chi connectivity index (χ0) is 13.1. The summed E-state index contributed by atoms with van der Waals surface area (Å²) in [7, 11) is 0. The van der Waals surface area contributed by atoms with Crippen LogP contribution in [0, 0.1) is 5.92 Å². The van der Waals surface area contributed by atoms with Gasteiger partial charge in [0.25, 0.3) is 5.91 Å². The molecule has 2 atom stereocenters. The van der Waals surface area contributed by atoms with Crippen molar-refractivity contribution < 1.29 is 4.79 Å². The maximum absolute atomic E-state index is 12.5. The number of amides is 1. The summed E-state index contributed by atoms with van der Waals surface area (Å²) >= 11 is 6.27. The second kappa shape index (κ2) is 5.75. The number of aryl methyl sites for hydroxylation is 1. The summed E-state index contributed by atoms with van der Waals surface area (Å²) in [6.07, 6.45) is 1.88. The van der Waals surface area contributed by atoms with Crippen LogP contribution in [0.2, 0.25) is 0 Å². The Kier molecular flexibility index (Phi) is 4.28. The number of carbonyl (C=O) groups excluding carboxylic acids is 1. The first-order valence-electron chi connectivity index (χ1n) is 6.64. The predicted molar refractivity (Wildman–Crippen MR) is 75.1 cm³/mol. The van der Waals surface area contributed by atoms with Gasteiger partial charge in [0, 0.05) is 18.7 Å². The summed E-state index contributed by atoms with van der Waals surface area (Å²) in [6, 6.07) is 7.86. The van der Waals surface area contributed by atoms with Gasteiger partial charge in [-0.3, -0.25) is 4.79 Å². The molecule has 0 saturated carbocycles. The third kappa shape index (κ3) is 2.69. The largest absolute Gasteiger partial charge is 0.337 e. The maximum Gasteiger partial charge on any atom is 0.254 e. The second-order valence-electron chi connectivity index (χ2n) is 5.04. The van der Waals surface area contributed by atoms with E-state index in [0.29, 0.717) is 12.5 Å². The number of carbonyl (C=O) groups is 1. The van der Waals surface area contributed by atoms with Gasteiger partial charge in [-0.1, -0.05) is 32.0 Å². The lowest BCUT2D eigenvalue weighted by atomic mass is 9.97. The van der Waals surface area contributed by atoms with Crippen molar-refractivity contribution in [2.75, 3.05) is 13.1 Å². The normalized spacial score (nSPS) is 24.1. The highest BCUT2D eigenvalue weighted by atomic mass is 35.5. The van der Waals surface area contributed by atoms with Gasteiger partial charge in [0.05, 0.1) is 5.38 Å². The van der Waals surface area contributed by atoms with Crippen LogP contribution >= 0.6 is 11.6 Å². The summed E-state index contributed by atoms with van der Waals surface area (Å²) in [5.41, 5.74) is 1.95. The number of alkyl halides is 1. The lowest BCUT2D eigenvalue weighted by Gasteiger charge is -2.34. The molecule has 1 aliphatic heterocycles. The third-order valence-corrected chi connectivity index (χ3v) is 4.35. The van der Waals surface area contributed by atoms with Crippen molar-refractivity contribution >= 4 is 17.5 Å². The predicted octanol–water partition coefficient (Wildman–Crippen LogP) is 3.34. The molecule has 3 heteroatoms. The van der Waals surface area contributed by atoms with Crippen LogP contribution in [0.15, 0.2) is 24.3 Å². The summed E-state index contributed by atoms with van der Waals surface area (Å²) in [6.45, 7) is 5.72. The molecule has 98 valence electrons. The van der Waals surface area contributed by atoms with Crippen LogP contribution in [0.5, 0.6) is 0 Å². The number of halogens is 1. The Hall–Kier alpha value is -1.02. The quantitative estimate of drug-likeness (QED) is 0.751. The Balaban J connectivity index is 2.16. The molecule has 18 heavy (non-hydrogen) atoms. The van der Waals surface area contributed by atoms with Crippen LogP contribution in [0.4, 0.5) is 0 Å². The number of rotatable bonds is 2. The van der Waals surface area contributed by atoms with Crippen LogP contribution < -0.4 is 0 Å². The van der Waals surface area contributed by atoms with Gasteiger partial charge in [-0.25, -0.2) is 0 Å². The smallest absolute Gasteiger partial charge is 0.254 e. The van der Waals surface area contributed by atoms with Gasteiger partial charge in [0.1, 0.15) is 0 Å². The molecule has 1 saturated heterocycles. The van der Waals surface area contributed by atoms with E-state index in [1.54, 1.807) is 0 Å². The molecule has 0 radical (unpaired) electrons. The Bertz CT molecular complexity index is 432. The highest BCUT2D eigenvalue weighted by Gasteiger charge is 2.28. The zero-order valence-corrected chi connectivity index (χ0v) is 11.8. The first-order valence-corrected chi connectivity index (χ1v) is 7.08. The molecular formula is C15H20ClNO. The molecule has 0 aromatic heterocycles. The van der Waals surface area contributed by atoms with Gasteiger partial charge in [0.15, 0.2) is 0 Å². The lowest BCUT2D eigenvalue weighted by molar-refractivity contribution is 0.0700. The first-order chi connectivity index (χ1) is 8.63. The molecule has 0 spiro atoms. The van der Waals surface area contributed by atoms with E-state index < -0.39 is 0 Å². The van der Waals surface area contributed by atoms with Crippen molar-refractivity contribution in [1.82, 2.24) is 4.90 Å². The number of hydrogen-bond donors (Lipinski definition) is 0. The molecule has 1 heterocycles. The van der Waals surface area contributed by atoms with Gasteiger partial charge in [-0.15, -0.1) is 11.6 Å². The molecule has 1 amide bonds. The summed E-state index contributed by atoms with van der Waals surface area (Å²) < 4.78 is 0. The van der Waals surface area contributed by atoms with E-state index in [1.165, 1.54) is 0 Å². The Labute approximate surface area is 114 Å². The Morgan fingerprint density at radius 3 is 2.83 bits per heavy atom. The molecule has 0 aliphatic carbocycles. The van der Waals surface area contributed by atoms with E-state index >= 15 is 0 Å². The van der Waals surface area contributed by atoms with E-state index in [1.807, 2.05) is 29.2 Å². The van der Waals surface area contributed by atoms with Crippen LogP contribution in [-0.4, -0.2) is 29.3 Å². The maximum atomic E-state index is 12.5. The fourth-order valence-corrected chi connectivity index (χ4v) is 2.71. The van der Waals surface area contributed by atoms with Crippen LogP contribution in [0.3, 0.4) is 0 Å². The number of hydrogen-bond acceptors (Lipinski definition) is 1. The third-order valence-electron chi connectivity index (χ3n) is 3.78. The molecule has 0 bridgehead atoms. The molecule has 1 aromatic carbocycles. The average molecular weight is 266 g/mol. The molecule has 2 unspecified atom stereocenters. The molecule has 1 fully saturated rings. The highest BCUT2D eigenvalue weighted by Crippen LogP contribution is 2.23. The Morgan fingerprint density at radius 2 is 2.17 bits per heavy atom. The van der Waals surface area contributed by atoms with Crippen molar-refractivity contribution in [3.63, 3.8) is 0 Å². The van der Waals surface area contributed by atoms with Gasteiger partial charge >= 0.3 is 0 Å². The standard InChI is InChI=1S/C15H20ClNO/c1-3-12-6-4-5-7-13(12)15(18)17-9-8-11(2)14(16)10-17/h4-7,11,14H,3,8-10H2,1-2H3. The van der Waals surface area contributed by atoms with E-state index in [2.05, 4.69) is 13.8 Å². The fourth-order valence-electron chi connectivity index (χ4n) is 2.41. The van der Waals surface area contributed by atoms with Gasteiger partial charge in [-0.05, 0) is 30.4 Å². The van der Waals surface area contributed by atoms with Crippen molar-refractivity contribution in [2.24, 2.45) is 5.92 Å². The van der Waals surface area contributed by atoms with Crippen LogP contribution in [-0.2, 0) is 6.42 Å².